The van der Waals surface area contributed by atoms with E-state index in [1.54, 1.807) is 12.1 Å². The highest BCUT2D eigenvalue weighted by molar-refractivity contribution is 7.85. The van der Waals surface area contributed by atoms with Crippen molar-refractivity contribution in [2.75, 3.05) is 0 Å². The molecule has 65 valence electrons. The van der Waals surface area contributed by atoms with Crippen LogP contribution in [0.25, 0.3) is 0 Å². The Labute approximate surface area is 71.0 Å². The second kappa shape index (κ2) is 3.20. The highest BCUT2D eigenvalue weighted by atomic mass is 32.2. The van der Waals surface area contributed by atoms with E-state index in [0.717, 1.165) is 0 Å². The Kier molecular flexibility index (Phi) is 2.44. The van der Waals surface area contributed by atoms with Crippen molar-refractivity contribution >= 4 is 10.1 Å². The smallest absolute Gasteiger partial charge is 0.260 e. The number of hydrogen-bond donors (Lipinski definition) is 0. The zero-order chi connectivity index (χ0) is 9.19. The molecule has 0 N–H and O–H groups in total. The predicted octanol–water partition coefficient (Wildman–Crippen LogP) is 0.903. The minimum Gasteiger partial charge on any atom is -0.260 e. The first-order valence-electron chi connectivity index (χ1n) is 3.37. The van der Waals surface area contributed by atoms with E-state index < -0.39 is 15.4 Å². The Morgan fingerprint density at radius 2 is 2.08 bits per heavy atom. The van der Waals surface area contributed by atoms with Crippen molar-refractivity contribution in [3.8, 4) is 0 Å². The molecular weight excluding hydrogens is 178 g/mol. The van der Waals surface area contributed by atoms with Gasteiger partial charge in [0.2, 0.25) is 0 Å². The topological polar surface area (TPSA) is 66.9 Å². The number of aromatic nitrogens is 1. The van der Waals surface area contributed by atoms with Crippen molar-refractivity contribution in [3.63, 3.8) is 0 Å². The average molecular weight is 186 g/mol. The van der Waals surface area contributed by atoms with Gasteiger partial charge in [0.1, 0.15) is 5.25 Å². The van der Waals surface area contributed by atoms with Crippen molar-refractivity contribution in [1.29, 1.82) is 0 Å². The number of rotatable bonds is 2. The highest BCUT2D eigenvalue weighted by Crippen LogP contribution is 2.17. The molecule has 0 aromatic carbocycles. The Bertz CT molecular complexity index is 346. The number of hydrogen-bond acceptors (Lipinski definition) is 3. The molecule has 0 aliphatic rings. The van der Waals surface area contributed by atoms with Gasteiger partial charge in [0.15, 0.2) is 0 Å². The summed E-state index contributed by atoms with van der Waals surface area (Å²) in [5.41, 5.74) is 0.285. The third-order valence-electron chi connectivity index (χ3n) is 1.54. The summed E-state index contributed by atoms with van der Waals surface area (Å²) in [6.45, 7) is 1.32. The molecule has 12 heavy (non-hydrogen) atoms. The second-order valence-corrected chi connectivity index (χ2v) is 4.08. The normalized spacial score (nSPS) is 14.2. The van der Waals surface area contributed by atoms with Crippen LogP contribution < -0.4 is 0 Å². The van der Waals surface area contributed by atoms with Gasteiger partial charge in [-0.1, -0.05) is 10.6 Å². The second-order valence-electron chi connectivity index (χ2n) is 2.39. The summed E-state index contributed by atoms with van der Waals surface area (Å²) in [6, 6.07) is 4.82. The van der Waals surface area contributed by atoms with Gasteiger partial charge in [0.25, 0.3) is 0 Å². The third-order valence-corrected chi connectivity index (χ3v) is 2.64. The minimum atomic E-state index is -4.27. The summed E-state index contributed by atoms with van der Waals surface area (Å²) >= 11 is 0. The lowest BCUT2D eigenvalue weighted by atomic mass is 10.3. The fourth-order valence-corrected chi connectivity index (χ4v) is 1.20. The van der Waals surface area contributed by atoms with E-state index >= 15 is 0 Å². The van der Waals surface area contributed by atoms with Crippen LogP contribution in [-0.4, -0.2) is 13.4 Å². The van der Waals surface area contributed by atoms with Gasteiger partial charge >= 0.3 is 10.1 Å². The maximum atomic E-state index is 10.5. The highest BCUT2D eigenvalue weighted by Gasteiger charge is 2.21. The molecular formula is C7H8NO3S. The molecule has 0 spiro atoms. The van der Waals surface area contributed by atoms with Gasteiger partial charge in [0, 0.05) is 6.20 Å². The molecule has 0 aliphatic heterocycles. The van der Waals surface area contributed by atoms with E-state index in [-0.39, 0.29) is 5.69 Å². The molecule has 5 heteroatoms. The van der Waals surface area contributed by atoms with Crippen LogP contribution in [-0.2, 0) is 14.7 Å². The standard InChI is InChI=1S/C7H8NO3S/c1-6(12(9,10)11)7-4-2-3-5-8-7/h2-6H,1H3. The summed E-state index contributed by atoms with van der Waals surface area (Å²) in [5, 5.41) is -1.07. The molecule has 0 saturated heterocycles. The molecule has 4 nitrogen and oxygen atoms in total. The SMILES string of the molecule is CC(c1ccccn1)S([O])(=O)=O. The first-order chi connectivity index (χ1) is 5.52. The zero-order valence-corrected chi connectivity index (χ0v) is 7.28. The molecule has 1 atom stereocenters. The molecule has 1 heterocycles. The maximum Gasteiger partial charge on any atom is 0.302 e. The number of nitrogens with zero attached hydrogens (tertiary/aromatic N) is 1. The van der Waals surface area contributed by atoms with E-state index in [1.807, 2.05) is 0 Å². The fraction of sp³-hybridized carbons (Fsp3) is 0.286. The maximum absolute atomic E-state index is 10.5. The van der Waals surface area contributed by atoms with Crippen LogP contribution in [0.4, 0.5) is 0 Å². The van der Waals surface area contributed by atoms with Gasteiger partial charge in [-0.05, 0) is 19.1 Å². The van der Waals surface area contributed by atoms with Gasteiger partial charge in [0.05, 0.1) is 5.69 Å². The van der Waals surface area contributed by atoms with Crippen LogP contribution in [0.1, 0.15) is 17.9 Å². The Morgan fingerprint density at radius 1 is 1.42 bits per heavy atom. The van der Waals surface area contributed by atoms with Crippen molar-refractivity contribution < 1.29 is 13.0 Å². The van der Waals surface area contributed by atoms with E-state index in [9.17, 15) is 13.0 Å². The van der Waals surface area contributed by atoms with Crippen LogP contribution in [0.2, 0.25) is 0 Å². The van der Waals surface area contributed by atoms with Gasteiger partial charge in [-0.25, -0.2) is 0 Å². The van der Waals surface area contributed by atoms with Crippen molar-refractivity contribution in [2.45, 2.75) is 12.2 Å². The lowest BCUT2D eigenvalue weighted by molar-refractivity contribution is 0.404. The Morgan fingerprint density at radius 3 is 2.50 bits per heavy atom. The Hall–Kier alpha value is -0.940. The molecule has 0 amide bonds. The van der Waals surface area contributed by atoms with E-state index in [0.29, 0.717) is 0 Å². The monoisotopic (exact) mass is 186 g/mol. The zero-order valence-electron chi connectivity index (χ0n) is 6.47. The lowest BCUT2D eigenvalue weighted by Crippen LogP contribution is -2.08. The molecule has 1 unspecified atom stereocenters. The van der Waals surface area contributed by atoms with Crippen molar-refractivity contribution in [1.82, 2.24) is 4.98 Å². The van der Waals surface area contributed by atoms with Gasteiger partial charge in [-0.15, -0.1) is 0 Å². The van der Waals surface area contributed by atoms with Crippen LogP contribution in [0.5, 0.6) is 0 Å². The van der Waals surface area contributed by atoms with Crippen molar-refractivity contribution in [3.05, 3.63) is 30.1 Å². The quantitative estimate of drug-likeness (QED) is 0.689. The summed E-state index contributed by atoms with van der Waals surface area (Å²) in [4.78, 5) is 3.77. The fourth-order valence-electron chi connectivity index (χ4n) is 0.764. The first-order valence-corrected chi connectivity index (χ1v) is 4.84. The van der Waals surface area contributed by atoms with Crippen LogP contribution >= 0.6 is 0 Å². The van der Waals surface area contributed by atoms with Crippen LogP contribution in [0.15, 0.2) is 24.4 Å². The largest absolute Gasteiger partial charge is 0.302 e. The molecule has 1 aromatic rings. The lowest BCUT2D eigenvalue weighted by Gasteiger charge is -2.03. The molecule has 0 aliphatic carbocycles. The molecule has 1 rings (SSSR count). The van der Waals surface area contributed by atoms with Gasteiger partial charge in [-0.2, -0.15) is 8.42 Å². The summed E-state index contributed by atoms with van der Waals surface area (Å²) < 4.78 is 31.6. The first kappa shape index (κ1) is 9.15. The summed E-state index contributed by atoms with van der Waals surface area (Å²) in [5.74, 6) is 0. The van der Waals surface area contributed by atoms with E-state index in [2.05, 4.69) is 4.98 Å². The molecule has 1 radical (unpaired) electrons. The number of pyridine rings is 1. The molecule has 0 saturated carbocycles. The van der Waals surface area contributed by atoms with Gasteiger partial charge < -0.3 is 0 Å². The average Bonchev–Trinajstić information content (AvgIpc) is 2.03. The molecule has 0 fully saturated rings. The summed E-state index contributed by atoms with van der Waals surface area (Å²) in [6.07, 6.45) is 1.46. The van der Waals surface area contributed by atoms with Crippen LogP contribution in [0, 0.1) is 0 Å². The van der Waals surface area contributed by atoms with Crippen molar-refractivity contribution in [2.24, 2.45) is 0 Å². The summed E-state index contributed by atoms with van der Waals surface area (Å²) in [7, 11) is -4.27. The van der Waals surface area contributed by atoms with E-state index in [1.165, 1.54) is 19.2 Å². The van der Waals surface area contributed by atoms with E-state index in [4.69, 9.17) is 0 Å². The minimum absolute atomic E-state index is 0.285. The Balaban J connectivity index is 3.02. The van der Waals surface area contributed by atoms with Gasteiger partial charge in [-0.3, -0.25) is 4.98 Å². The predicted molar refractivity (Wildman–Crippen MR) is 42.3 cm³/mol. The van der Waals surface area contributed by atoms with Crippen LogP contribution in [0.3, 0.4) is 0 Å². The molecule has 1 aromatic heterocycles. The molecule has 0 bridgehead atoms. The third kappa shape index (κ3) is 2.02.